The molecule has 0 atom stereocenters. The predicted molar refractivity (Wildman–Crippen MR) is 65.6 cm³/mol. The Labute approximate surface area is 111 Å². The first-order valence-corrected chi connectivity index (χ1v) is 6.36. The number of alkyl halides is 3. The summed E-state index contributed by atoms with van der Waals surface area (Å²) in [7, 11) is 0. The predicted octanol–water partition coefficient (Wildman–Crippen LogP) is 3.37. The van der Waals surface area contributed by atoms with Gasteiger partial charge in [-0.3, -0.25) is 4.68 Å². The third kappa shape index (κ3) is 5.24. The van der Waals surface area contributed by atoms with Crippen molar-refractivity contribution in [1.29, 1.82) is 0 Å². The second-order valence-electron chi connectivity index (χ2n) is 3.62. The van der Waals surface area contributed by atoms with Crippen molar-refractivity contribution in [2.45, 2.75) is 39.1 Å². The summed E-state index contributed by atoms with van der Waals surface area (Å²) < 4.78 is 43.8. The number of unbranched alkanes of at least 4 members (excludes halogenated alkanes) is 1. The van der Waals surface area contributed by atoms with E-state index < -0.39 is 12.7 Å². The molecule has 1 aromatic rings. The fourth-order valence-corrected chi connectivity index (χ4v) is 1.81. The maximum Gasteiger partial charge on any atom is 0.408 e. The van der Waals surface area contributed by atoms with Crippen LogP contribution in [0.4, 0.5) is 13.2 Å². The van der Waals surface area contributed by atoms with E-state index in [0.717, 1.165) is 17.5 Å². The molecular weight excluding hydrogens is 348 g/mol. The summed E-state index contributed by atoms with van der Waals surface area (Å²) in [5, 5.41) is 3.71. The number of halogens is 4. The van der Waals surface area contributed by atoms with Crippen LogP contribution in [0.3, 0.4) is 0 Å². The van der Waals surface area contributed by atoms with Crippen molar-refractivity contribution in [1.82, 2.24) is 9.78 Å². The van der Waals surface area contributed by atoms with Gasteiger partial charge < -0.3 is 4.74 Å². The zero-order valence-electron chi connectivity index (χ0n) is 9.43. The van der Waals surface area contributed by atoms with Gasteiger partial charge >= 0.3 is 6.18 Å². The molecule has 17 heavy (non-hydrogen) atoms. The van der Waals surface area contributed by atoms with Crippen LogP contribution in [-0.4, -0.2) is 22.6 Å². The van der Waals surface area contributed by atoms with Crippen LogP contribution in [0.25, 0.3) is 0 Å². The Balaban J connectivity index is 2.60. The van der Waals surface area contributed by atoms with Crippen LogP contribution in [0.15, 0.2) is 6.20 Å². The van der Waals surface area contributed by atoms with E-state index in [1.807, 2.05) is 29.5 Å². The largest absolute Gasteiger partial charge is 0.408 e. The van der Waals surface area contributed by atoms with Crippen LogP contribution in [0.2, 0.25) is 0 Å². The summed E-state index contributed by atoms with van der Waals surface area (Å²) in [6.45, 7) is 1.70. The SMILES string of the molecule is CCCCOCc1c(I)cnn1CC(F)(F)F. The number of hydrogen-bond donors (Lipinski definition) is 0. The lowest BCUT2D eigenvalue weighted by atomic mass is 10.3. The van der Waals surface area contributed by atoms with Crippen LogP contribution in [0, 0.1) is 3.57 Å². The van der Waals surface area contributed by atoms with E-state index in [-0.39, 0.29) is 6.61 Å². The highest BCUT2D eigenvalue weighted by molar-refractivity contribution is 14.1. The van der Waals surface area contributed by atoms with E-state index in [2.05, 4.69) is 5.10 Å². The highest BCUT2D eigenvalue weighted by Crippen LogP contribution is 2.20. The molecule has 1 rings (SSSR count). The second kappa shape index (κ2) is 6.58. The van der Waals surface area contributed by atoms with Gasteiger partial charge in [0, 0.05) is 6.61 Å². The van der Waals surface area contributed by atoms with Gasteiger partial charge in [-0.2, -0.15) is 18.3 Å². The Morgan fingerprint density at radius 1 is 1.47 bits per heavy atom. The van der Waals surface area contributed by atoms with Crippen LogP contribution >= 0.6 is 22.6 Å². The quantitative estimate of drug-likeness (QED) is 0.573. The van der Waals surface area contributed by atoms with Crippen LogP contribution in [-0.2, 0) is 17.9 Å². The third-order valence-corrected chi connectivity index (χ3v) is 3.01. The van der Waals surface area contributed by atoms with E-state index in [9.17, 15) is 13.2 Å². The minimum Gasteiger partial charge on any atom is -0.375 e. The van der Waals surface area contributed by atoms with Gasteiger partial charge in [0.2, 0.25) is 0 Å². The molecule has 0 saturated carbocycles. The normalized spacial score (nSPS) is 12.1. The lowest BCUT2D eigenvalue weighted by Crippen LogP contribution is -2.21. The molecule has 0 aliphatic rings. The van der Waals surface area contributed by atoms with Gasteiger partial charge in [-0.25, -0.2) is 0 Å². The van der Waals surface area contributed by atoms with Crippen molar-refractivity contribution >= 4 is 22.6 Å². The molecule has 3 nitrogen and oxygen atoms in total. The Morgan fingerprint density at radius 3 is 2.76 bits per heavy atom. The molecule has 1 aromatic heterocycles. The number of rotatable bonds is 6. The molecule has 0 aliphatic carbocycles. The Morgan fingerprint density at radius 2 is 2.18 bits per heavy atom. The highest BCUT2D eigenvalue weighted by Gasteiger charge is 2.29. The average molecular weight is 362 g/mol. The molecule has 98 valence electrons. The summed E-state index contributed by atoms with van der Waals surface area (Å²) in [5.74, 6) is 0. The third-order valence-electron chi connectivity index (χ3n) is 2.11. The second-order valence-corrected chi connectivity index (χ2v) is 4.78. The minimum absolute atomic E-state index is 0.175. The van der Waals surface area contributed by atoms with Crippen molar-refractivity contribution in [3.8, 4) is 0 Å². The standard InChI is InChI=1S/C10H14F3IN2O/c1-2-3-4-17-6-9-8(14)5-15-16(9)7-10(11,12)13/h5H,2-4,6-7H2,1H3. The first kappa shape index (κ1) is 14.7. The van der Waals surface area contributed by atoms with Gasteiger partial charge in [-0.15, -0.1) is 0 Å². The number of aromatic nitrogens is 2. The highest BCUT2D eigenvalue weighted by atomic mass is 127. The van der Waals surface area contributed by atoms with Crippen LogP contribution in [0.1, 0.15) is 25.5 Å². The molecule has 0 N–H and O–H groups in total. The van der Waals surface area contributed by atoms with Crippen molar-refractivity contribution in [2.24, 2.45) is 0 Å². The van der Waals surface area contributed by atoms with Gasteiger partial charge in [-0.05, 0) is 29.0 Å². The maximum absolute atomic E-state index is 12.3. The maximum atomic E-state index is 12.3. The van der Waals surface area contributed by atoms with Crippen molar-refractivity contribution < 1.29 is 17.9 Å². The van der Waals surface area contributed by atoms with Crippen molar-refractivity contribution in [3.05, 3.63) is 15.5 Å². The zero-order valence-corrected chi connectivity index (χ0v) is 11.6. The van der Waals surface area contributed by atoms with Gasteiger partial charge in [0.05, 0.1) is 22.1 Å². The molecule has 0 fully saturated rings. The molecule has 0 amide bonds. The van der Waals surface area contributed by atoms with E-state index in [1.165, 1.54) is 6.20 Å². The molecule has 7 heteroatoms. The zero-order chi connectivity index (χ0) is 12.9. The summed E-state index contributed by atoms with van der Waals surface area (Å²) in [6, 6.07) is 0. The summed E-state index contributed by atoms with van der Waals surface area (Å²) in [6.07, 6.45) is -0.930. The summed E-state index contributed by atoms with van der Waals surface area (Å²) in [5.41, 5.74) is 0.485. The smallest absolute Gasteiger partial charge is 0.375 e. The van der Waals surface area contributed by atoms with Gasteiger partial charge in [-0.1, -0.05) is 13.3 Å². The molecule has 0 aliphatic heterocycles. The van der Waals surface area contributed by atoms with E-state index in [4.69, 9.17) is 4.74 Å². The van der Waals surface area contributed by atoms with Crippen LogP contribution in [0.5, 0.6) is 0 Å². The lowest BCUT2D eigenvalue weighted by molar-refractivity contribution is -0.143. The molecule has 0 saturated heterocycles. The van der Waals surface area contributed by atoms with Gasteiger partial charge in [0.15, 0.2) is 0 Å². The average Bonchev–Trinajstić information content (AvgIpc) is 2.53. The first-order chi connectivity index (χ1) is 7.94. The lowest BCUT2D eigenvalue weighted by Gasteiger charge is -2.11. The summed E-state index contributed by atoms with van der Waals surface area (Å²) >= 11 is 1.96. The van der Waals surface area contributed by atoms with Crippen molar-refractivity contribution in [2.75, 3.05) is 6.61 Å². The van der Waals surface area contributed by atoms with E-state index in [0.29, 0.717) is 15.9 Å². The van der Waals surface area contributed by atoms with Crippen molar-refractivity contribution in [3.63, 3.8) is 0 Å². The molecule has 0 radical (unpaired) electrons. The van der Waals surface area contributed by atoms with Crippen LogP contribution < -0.4 is 0 Å². The molecule has 0 bridgehead atoms. The van der Waals surface area contributed by atoms with Gasteiger partial charge in [0.25, 0.3) is 0 Å². The number of ether oxygens (including phenoxy) is 1. The minimum atomic E-state index is -4.26. The summed E-state index contributed by atoms with van der Waals surface area (Å²) in [4.78, 5) is 0. The van der Waals surface area contributed by atoms with E-state index >= 15 is 0 Å². The fourth-order valence-electron chi connectivity index (χ4n) is 1.25. The molecular formula is C10H14F3IN2O. The Hall–Kier alpha value is -0.310. The monoisotopic (exact) mass is 362 g/mol. The molecule has 0 unspecified atom stereocenters. The molecule has 0 aromatic carbocycles. The first-order valence-electron chi connectivity index (χ1n) is 5.28. The molecule has 0 spiro atoms. The molecule has 1 heterocycles. The topological polar surface area (TPSA) is 27.1 Å². The Bertz CT molecular complexity index is 352. The number of nitrogens with zero attached hydrogens (tertiary/aromatic N) is 2. The Kier molecular flexibility index (Phi) is 5.71. The van der Waals surface area contributed by atoms with E-state index in [1.54, 1.807) is 0 Å². The number of hydrogen-bond acceptors (Lipinski definition) is 2. The van der Waals surface area contributed by atoms with Gasteiger partial charge in [0.1, 0.15) is 6.54 Å². The fraction of sp³-hybridized carbons (Fsp3) is 0.700.